The number of ether oxygens (including phenoxy) is 1. The minimum atomic E-state index is -0.392. The number of halogens is 1. The van der Waals surface area contributed by atoms with Crippen molar-refractivity contribution in [3.8, 4) is 5.75 Å². The fraction of sp³-hybridized carbons (Fsp3) is 0.111. The number of fused-ring (bicyclic) bond motifs is 1. The van der Waals surface area contributed by atoms with E-state index in [-0.39, 0.29) is 16.6 Å². The van der Waals surface area contributed by atoms with Crippen LogP contribution in [0.4, 0.5) is 0 Å². The van der Waals surface area contributed by atoms with E-state index >= 15 is 0 Å². The van der Waals surface area contributed by atoms with Gasteiger partial charge in [0.15, 0.2) is 5.76 Å². The largest absolute Gasteiger partial charge is 0.451 e. The minimum Gasteiger partial charge on any atom is -0.451 e. The van der Waals surface area contributed by atoms with Gasteiger partial charge in [-0.3, -0.25) is 9.59 Å². The van der Waals surface area contributed by atoms with Gasteiger partial charge < -0.3 is 4.74 Å². The van der Waals surface area contributed by atoms with Crippen molar-refractivity contribution in [1.29, 1.82) is 0 Å². The molecule has 0 heterocycles. The molecule has 0 bridgehead atoms. The van der Waals surface area contributed by atoms with Crippen molar-refractivity contribution in [3.05, 3.63) is 76.0 Å². The Morgan fingerprint density at radius 2 is 1.50 bits per heavy atom. The summed E-state index contributed by atoms with van der Waals surface area (Å²) in [5.41, 5.74) is 1.78. The maximum atomic E-state index is 12.5. The van der Waals surface area contributed by atoms with Crippen LogP contribution in [-0.4, -0.2) is 11.6 Å². The van der Waals surface area contributed by atoms with Gasteiger partial charge in [0, 0.05) is 11.1 Å². The summed E-state index contributed by atoms with van der Waals surface area (Å²) in [7, 11) is 0. The Balaban J connectivity index is 1.97. The lowest BCUT2D eigenvalue weighted by Gasteiger charge is -2.17. The summed E-state index contributed by atoms with van der Waals surface area (Å²) in [5.74, 6) is -0.405. The van der Waals surface area contributed by atoms with Crippen LogP contribution >= 0.6 is 11.6 Å². The lowest BCUT2D eigenvalue weighted by Crippen LogP contribution is -2.23. The van der Waals surface area contributed by atoms with Crippen molar-refractivity contribution in [1.82, 2.24) is 0 Å². The minimum absolute atomic E-state index is 0.116. The molecule has 0 aliphatic heterocycles. The third-order valence-corrected chi connectivity index (χ3v) is 3.92. The summed E-state index contributed by atoms with van der Waals surface area (Å²) >= 11 is 6.05. The van der Waals surface area contributed by atoms with Crippen molar-refractivity contribution in [3.63, 3.8) is 0 Å². The fourth-order valence-electron chi connectivity index (χ4n) is 2.32. The zero-order valence-electron chi connectivity index (χ0n) is 11.9. The number of benzene rings is 2. The number of aryl methyl sites for hydroxylation is 1. The second-order valence-corrected chi connectivity index (χ2v) is 5.32. The molecule has 2 aromatic rings. The monoisotopic (exact) mass is 312 g/mol. The number of carbonyl (C=O) groups is 2. The van der Waals surface area contributed by atoms with Crippen LogP contribution in [0.2, 0.25) is 0 Å². The molecule has 2 aromatic carbocycles. The van der Waals surface area contributed by atoms with Gasteiger partial charge >= 0.3 is 0 Å². The van der Waals surface area contributed by atoms with Crippen LogP contribution in [0.25, 0.3) is 0 Å². The SMILES string of the molecule is CCc1ccc(OC2=C(Cl)C(=O)c3ccccc3C2=O)cc1. The highest BCUT2D eigenvalue weighted by Gasteiger charge is 2.32. The average molecular weight is 313 g/mol. The molecule has 0 radical (unpaired) electrons. The Morgan fingerprint density at radius 3 is 2.09 bits per heavy atom. The predicted octanol–water partition coefficient (Wildman–Crippen LogP) is 4.16. The van der Waals surface area contributed by atoms with Gasteiger partial charge in [-0.25, -0.2) is 0 Å². The first-order valence-corrected chi connectivity index (χ1v) is 7.34. The van der Waals surface area contributed by atoms with Gasteiger partial charge in [0.1, 0.15) is 10.8 Å². The second kappa shape index (κ2) is 5.78. The number of ketones is 2. The molecule has 0 spiro atoms. The number of Topliss-reactive ketones (excluding diaryl/α,β-unsaturated/α-hetero) is 2. The number of hydrogen-bond acceptors (Lipinski definition) is 3. The third-order valence-electron chi connectivity index (χ3n) is 3.57. The van der Waals surface area contributed by atoms with Crippen molar-refractivity contribution < 1.29 is 14.3 Å². The van der Waals surface area contributed by atoms with Crippen LogP contribution in [-0.2, 0) is 6.42 Å². The number of carbonyl (C=O) groups excluding carboxylic acids is 2. The van der Waals surface area contributed by atoms with Gasteiger partial charge in [-0.15, -0.1) is 0 Å². The van der Waals surface area contributed by atoms with E-state index in [4.69, 9.17) is 16.3 Å². The standard InChI is InChI=1S/C18H13ClO3/c1-2-11-7-9-12(10-8-11)22-18-15(19)16(20)13-5-3-4-6-14(13)17(18)21/h3-10H,2H2,1H3. The first kappa shape index (κ1) is 14.5. The van der Waals surface area contributed by atoms with Crippen LogP contribution in [0.5, 0.6) is 5.75 Å². The molecule has 0 amide bonds. The number of allylic oxidation sites excluding steroid dienone is 2. The summed E-state index contributed by atoms with van der Waals surface area (Å²) in [5, 5.41) is -0.178. The van der Waals surface area contributed by atoms with E-state index in [0.29, 0.717) is 16.9 Å². The molecule has 0 atom stereocenters. The highest BCUT2D eigenvalue weighted by molar-refractivity contribution is 6.49. The van der Waals surface area contributed by atoms with Gasteiger partial charge in [-0.05, 0) is 24.1 Å². The summed E-state index contributed by atoms with van der Waals surface area (Å²) < 4.78 is 5.58. The molecule has 22 heavy (non-hydrogen) atoms. The molecule has 3 rings (SSSR count). The van der Waals surface area contributed by atoms with E-state index in [1.807, 2.05) is 12.1 Å². The second-order valence-electron chi connectivity index (χ2n) is 4.95. The first-order chi connectivity index (χ1) is 10.6. The lowest BCUT2D eigenvalue weighted by molar-refractivity contribution is 0.0943. The lowest BCUT2D eigenvalue weighted by atomic mass is 9.93. The molecule has 0 N–H and O–H groups in total. The average Bonchev–Trinajstić information content (AvgIpc) is 2.57. The van der Waals surface area contributed by atoms with E-state index in [9.17, 15) is 9.59 Å². The smallest absolute Gasteiger partial charge is 0.230 e. The van der Waals surface area contributed by atoms with E-state index in [2.05, 4.69) is 6.92 Å². The van der Waals surface area contributed by atoms with Crippen molar-refractivity contribution >= 4 is 23.2 Å². The Morgan fingerprint density at radius 1 is 0.909 bits per heavy atom. The Kier molecular flexibility index (Phi) is 3.82. The van der Waals surface area contributed by atoms with Gasteiger partial charge in [0.2, 0.25) is 11.6 Å². The molecule has 0 fully saturated rings. The Labute approximate surface area is 133 Å². The van der Waals surface area contributed by atoms with Crippen LogP contribution in [0.3, 0.4) is 0 Å². The molecule has 0 saturated heterocycles. The van der Waals surface area contributed by atoms with Gasteiger partial charge in [0.25, 0.3) is 0 Å². The predicted molar refractivity (Wildman–Crippen MR) is 84.4 cm³/mol. The quantitative estimate of drug-likeness (QED) is 0.854. The molecular formula is C18H13ClO3. The molecule has 110 valence electrons. The normalized spacial score (nSPS) is 14.1. The topological polar surface area (TPSA) is 43.4 Å². The number of hydrogen-bond donors (Lipinski definition) is 0. The van der Waals surface area contributed by atoms with Crippen LogP contribution in [0.15, 0.2) is 59.3 Å². The summed E-state index contributed by atoms with van der Waals surface area (Å²) in [6.45, 7) is 2.05. The Hall–Kier alpha value is -2.39. The molecule has 1 aliphatic rings. The molecule has 0 saturated carbocycles. The van der Waals surface area contributed by atoms with Crippen LogP contribution < -0.4 is 4.74 Å². The summed E-state index contributed by atoms with van der Waals surface area (Å²) in [6, 6.07) is 13.9. The van der Waals surface area contributed by atoms with Gasteiger partial charge in [-0.2, -0.15) is 0 Å². The zero-order valence-corrected chi connectivity index (χ0v) is 12.7. The highest BCUT2D eigenvalue weighted by atomic mass is 35.5. The van der Waals surface area contributed by atoms with Gasteiger partial charge in [0.05, 0.1) is 0 Å². The fourth-order valence-corrected chi connectivity index (χ4v) is 2.55. The van der Waals surface area contributed by atoms with E-state index in [1.165, 1.54) is 0 Å². The molecule has 4 heteroatoms. The molecular weight excluding hydrogens is 300 g/mol. The summed E-state index contributed by atoms with van der Waals surface area (Å²) in [4.78, 5) is 24.7. The van der Waals surface area contributed by atoms with E-state index < -0.39 is 5.78 Å². The van der Waals surface area contributed by atoms with Crippen LogP contribution in [0, 0.1) is 0 Å². The molecule has 1 aliphatic carbocycles. The summed E-state index contributed by atoms with van der Waals surface area (Å²) in [6.07, 6.45) is 0.911. The van der Waals surface area contributed by atoms with Crippen molar-refractivity contribution in [2.24, 2.45) is 0 Å². The number of rotatable bonds is 3. The Bertz CT molecular complexity index is 788. The first-order valence-electron chi connectivity index (χ1n) is 6.96. The van der Waals surface area contributed by atoms with E-state index in [0.717, 1.165) is 12.0 Å². The highest BCUT2D eigenvalue weighted by Crippen LogP contribution is 2.30. The maximum Gasteiger partial charge on any atom is 0.230 e. The third kappa shape index (κ3) is 2.44. The van der Waals surface area contributed by atoms with Gasteiger partial charge in [-0.1, -0.05) is 54.9 Å². The molecule has 0 unspecified atom stereocenters. The van der Waals surface area contributed by atoms with E-state index in [1.54, 1.807) is 36.4 Å². The molecule has 0 aromatic heterocycles. The maximum absolute atomic E-state index is 12.5. The van der Waals surface area contributed by atoms with Crippen molar-refractivity contribution in [2.75, 3.05) is 0 Å². The molecule has 3 nitrogen and oxygen atoms in total. The van der Waals surface area contributed by atoms with Crippen molar-refractivity contribution in [2.45, 2.75) is 13.3 Å². The zero-order chi connectivity index (χ0) is 15.7. The van der Waals surface area contributed by atoms with Crippen LogP contribution in [0.1, 0.15) is 33.2 Å².